The van der Waals surface area contributed by atoms with Gasteiger partial charge in [0, 0.05) is 12.0 Å². The molecule has 1 heterocycles. The molecule has 32 heavy (non-hydrogen) atoms. The van der Waals surface area contributed by atoms with Crippen LogP contribution in [0.4, 0.5) is 5.69 Å². The van der Waals surface area contributed by atoms with Crippen molar-refractivity contribution < 1.29 is 17.9 Å². The number of rotatable bonds is 7. The zero-order valence-corrected chi connectivity index (χ0v) is 20.6. The minimum absolute atomic E-state index is 0.255. The van der Waals surface area contributed by atoms with Gasteiger partial charge in [-0.3, -0.25) is 9.10 Å². The van der Waals surface area contributed by atoms with E-state index >= 15 is 0 Å². The normalized spacial score (nSPS) is 18.2. The molecule has 1 aliphatic rings. The molecule has 2 aromatic carbocycles. The number of anilines is 1. The number of ether oxygens (including phenoxy) is 1. The van der Waals surface area contributed by atoms with Crippen molar-refractivity contribution in [1.29, 1.82) is 0 Å². The van der Waals surface area contributed by atoms with Crippen molar-refractivity contribution in [2.75, 3.05) is 10.6 Å². The Morgan fingerprint density at radius 3 is 2.47 bits per heavy atom. The maximum atomic E-state index is 13.4. The summed E-state index contributed by atoms with van der Waals surface area (Å²) in [5.74, 6) is 0.439. The second-order valence-corrected chi connectivity index (χ2v) is 10.7. The number of aryl methyl sites for hydroxylation is 2. The van der Waals surface area contributed by atoms with E-state index in [0.717, 1.165) is 41.5 Å². The fraction of sp³-hybridized carbons (Fsp3) is 0.480. The summed E-state index contributed by atoms with van der Waals surface area (Å²) in [6, 6.07) is 12.2. The molecule has 0 aliphatic carbocycles. The Kier molecular flexibility index (Phi) is 6.89. The number of carbonyl (C=O) groups is 1. The first-order valence-corrected chi connectivity index (χ1v) is 13.0. The number of hydrogen-bond donors (Lipinski definition) is 1. The van der Waals surface area contributed by atoms with E-state index in [1.807, 2.05) is 56.3 Å². The summed E-state index contributed by atoms with van der Waals surface area (Å²) in [7, 11) is -3.69. The van der Waals surface area contributed by atoms with E-state index < -0.39 is 16.1 Å². The third-order valence-electron chi connectivity index (χ3n) is 6.49. The van der Waals surface area contributed by atoms with Crippen LogP contribution >= 0.6 is 0 Å². The maximum absolute atomic E-state index is 13.4. The lowest BCUT2D eigenvalue weighted by atomic mass is 9.83. The third-order valence-corrected chi connectivity index (χ3v) is 7.72. The first kappa shape index (κ1) is 24.1. The third kappa shape index (κ3) is 4.77. The highest BCUT2D eigenvalue weighted by molar-refractivity contribution is 7.92. The Balaban J connectivity index is 1.95. The highest BCUT2D eigenvalue weighted by atomic mass is 32.2. The Morgan fingerprint density at radius 2 is 1.84 bits per heavy atom. The standard InChI is InChI=1S/C25H34N2O4S/c1-7-25(8-2)16-21(20-11-9-10-12-23(20)31-25)26-24(28)19(5)27(32(6,29)30)22-15-17(3)13-14-18(22)4/h9-15,19,21H,7-8,16H2,1-6H3,(H,26,28)/t19-,21-/m1/s1. The quantitative estimate of drug-likeness (QED) is 0.655. The highest BCUT2D eigenvalue weighted by Crippen LogP contribution is 2.42. The molecule has 2 aromatic rings. The second kappa shape index (κ2) is 9.14. The smallest absolute Gasteiger partial charge is 0.244 e. The predicted molar refractivity (Wildman–Crippen MR) is 129 cm³/mol. The van der Waals surface area contributed by atoms with Crippen molar-refractivity contribution in [2.45, 2.75) is 71.6 Å². The number of nitrogens with zero attached hydrogens (tertiary/aromatic N) is 1. The second-order valence-electron chi connectivity index (χ2n) is 8.82. The van der Waals surface area contributed by atoms with Crippen LogP contribution in [0.5, 0.6) is 5.75 Å². The van der Waals surface area contributed by atoms with Crippen LogP contribution in [-0.2, 0) is 14.8 Å². The maximum Gasteiger partial charge on any atom is 0.244 e. The van der Waals surface area contributed by atoms with Crippen molar-refractivity contribution in [2.24, 2.45) is 0 Å². The predicted octanol–water partition coefficient (Wildman–Crippen LogP) is 4.66. The summed E-state index contributed by atoms with van der Waals surface area (Å²) in [4.78, 5) is 13.4. The molecule has 7 heteroatoms. The molecule has 1 N–H and O–H groups in total. The van der Waals surface area contributed by atoms with Crippen LogP contribution in [0.25, 0.3) is 0 Å². The summed E-state index contributed by atoms with van der Waals surface area (Å²) >= 11 is 0. The summed E-state index contributed by atoms with van der Waals surface area (Å²) in [5, 5.41) is 3.13. The largest absolute Gasteiger partial charge is 0.487 e. The molecule has 3 rings (SSSR count). The van der Waals surface area contributed by atoms with Gasteiger partial charge in [-0.1, -0.05) is 44.2 Å². The monoisotopic (exact) mass is 458 g/mol. The van der Waals surface area contributed by atoms with E-state index in [1.54, 1.807) is 6.92 Å². The summed E-state index contributed by atoms with van der Waals surface area (Å²) in [5.41, 5.74) is 2.82. The van der Waals surface area contributed by atoms with Gasteiger partial charge in [0.1, 0.15) is 17.4 Å². The zero-order chi connectivity index (χ0) is 23.7. The number of para-hydroxylation sites is 1. The van der Waals surface area contributed by atoms with Crippen molar-refractivity contribution >= 4 is 21.6 Å². The molecule has 1 amide bonds. The van der Waals surface area contributed by atoms with Gasteiger partial charge in [-0.05, 0) is 56.9 Å². The highest BCUT2D eigenvalue weighted by Gasteiger charge is 2.40. The SMILES string of the molecule is CCC1(CC)C[C@@H](NC(=O)[C@@H](C)N(c2cc(C)ccc2C)S(C)(=O)=O)c2ccccc2O1. The van der Waals surface area contributed by atoms with Crippen LogP contribution in [0.1, 0.15) is 62.8 Å². The average molecular weight is 459 g/mol. The van der Waals surface area contributed by atoms with Crippen LogP contribution in [0.2, 0.25) is 0 Å². The molecule has 0 unspecified atom stereocenters. The Labute approximate surface area is 192 Å². The molecule has 6 nitrogen and oxygen atoms in total. The molecule has 0 radical (unpaired) electrons. The number of fused-ring (bicyclic) bond motifs is 1. The van der Waals surface area contributed by atoms with Crippen molar-refractivity contribution in [1.82, 2.24) is 5.32 Å². The molecule has 0 spiro atoms. The molecule has 1 aliphatic heterocycles. The first-order chi connectivity index (χ1) is 15.0. The van der Waals surface area contributed by atoms with Gasteiger partial charge in [-0.15, -0.1) is 0 Å². The molecular weight excluding hydrogens is 424 g/mol. The van der Waals surface area contributed by atoms with E-state index in [4.69, 9.17) is 4.74 Å². The molecule has 0 saturated heterocycles. The minimum atomic E-state index is -3.69. The van der Waals surface area contributed by atoms with Crippen LogP contribution in [0.3, 0.4) is 0 Å². The Morgan fingerprint density at radius 1 is 1.19 bits per heavy atom. The van der Waals surface area contributed by atoms with Gasteiger partial charge in [0.2, 0.25) is 15.9 Å². The molecule has 174 valence electrons. The zero-order valence-electron chi connectivity index (χ0n) is 19.8. The molecular formula is C25H34N2O4S. The van der Waals surface area contributed by atoms with Gasteiger partial charge in [0.05, 0.1) is 18.0 Å². The molecule has 0 aromatic heterocycles. The van der Waals surface area contributed by atoms with Crippen molar-refractivity contribution in [3.05, 3.63) is 59.2 Å². The molecule has 0 fully saturated rings. The fourth-order valence-corrected chi connectivity index (χ4v) is 5.68. The van der Waals surface area contributed by atoms with Crippen LogP contribution in [0.15, 0.2) is 42.5 Å². The van der Waals surface area contributed by atoms with Gasteiger partial charge in [-0.25, -0.2) is 8.42 Å². The summed E-state index contributed by atoms with van der Waals surface area (Å²) in [6.07, 6.45) is 3.41. The average Bonchev–Trinajstić information content (AvgIpc) is 2.75. The van der Waals surface area contributed by atoms with Gasteiger partial charge >= 0.3 is 0 Å². The van der Waals surface area contributed by atoms with Crippen molar-refractivity contribution in [3.63, 3.8) is 0 Å². The van der Waals surface area contributed by atoms with Crippen molar-refractivity contribution in [3.8, 4) is 5.75 Å². The minimum Gasteiger partial charge on any atom is -0.487 e. The van der Waals surface area contributed by atoms with Gasteiger partial charge in [-0.2, -0.15) is 0 Å². The fourth-order valence-electron chi connectivity index (χ4n) is 4.46. The lowest BCUT2D eigenvalue weighted by molar-refractivity contribution is -0.123. The van der Waals surface area contributed by atoms with E-state index in [0.29, 0.717) is 12.1 Å². The van der Waals surface area contributed by atoms with Crippen LogP contribution in [-0.4, -0.2) is 32.2 Å². The lowest BCUT2D eigenvalue weighted by Gasteiger charge is -2.42. The van der Waals surface area contributed by atoms with E-state index in [-0.39, 0.29) is 17.6 Å². The van der Waals surface area contributed by atoms with Crippen LogP contribution in [0, 0.1) is 13.8 Å². The molecule has 0 saturated carbocycles. The molecule has 2 atom stereocenters. The van der Waals surface area contributed by atoms with E-state index in [1.165, 1.54) is 4.31 Å². The summed E-state index contributed by atoms with van der Waals surface area (Å²) in [6.45, 7) is 9.57. The Bertz CT molecular complexity index is 1090. The lowest BCUT2D eigenvalue weighted by Crippen LogP contribution is -2.51. The van der Waals surface area contributed by atoms with Gasteiger partial charge in [0.15, 0.2) is 0 Å². The van der Waals surface area contributed by atoms with Gasteiger partial charge in [0.25, 0.3) is 0 Å². The number of amides is 1. The number of benzene rings is 2. The summed E-state index contributed by atoms with van der Waals surface area (Å²) < 4.78 is 33.1. The number of sulfonamides is 1. The number of carbonyl (C=O) groups excluding carboxylic acids is 1. The topological polar surface area (TPSA) is 75.7 Å². The van der Waals surface area contributed by atoms with Crippen LogP contribution < -0.4 is 14.4 Å². The van der Waals surface area contributed by atoms with Gasteiger partial charge < -0.3 is 10.1 Å². The number of nitrogens with one attached hydrogen (secondary N) is 1. The molecule has 0 bridgehead atoms. The van der Waals surface area contributed by atoms with E-state index in [2.05, 4.69) is 19.2 Å². The van der Waals surface area contributed by atoms with E-state index in [9.17, 15) is 13.2 Å². The first-order valence-electron chi connectivity index (χ1n) is 11.2. The number of hydrogen-bond acceptors (Lipinski definition) is 4. The Hall–Kier alpha value is -2.54.